The van der Waals surface area contributed by atoms with Gasteiger partial charge in [-0.1, -0.05) is 0 Å². The van der Waals surface area contributed by atoms with Crippen LogP contribution in [-0.4, -0.2) is 35.1 Å². The van der Waals surface area contributed by atoms with E-state index in [9.17, 15) is 14.7 Å². The third kappa shape index (κ3) is 3.99. The van der Waals surface area contributed by atoms with E-state index in [1.807, 2.05) is 0 Å². The lowest BCUT2D eigenvalue weighted by atomic mass is 10.1. The number of rotatable bonds is 6. The Labute approximate surface area is 138 Å². The molecule has 0 spiro atoms. The molecule has 1 heterocycles. The number of nitrogens with one attached hydrogen (secondary N) is 1. The van der Waals surface area contributed by atoms with Gasteiger partial charge in [-0.2, -0.15) is 0 Å². The summed E-state index contributed by atoms with van der Waals surface area (Å²) in [6.45, 7) is 1.77. The van der Waals surface area contributed by atoms with Crippen molar-refractivity contribution in [3.8, 4) is 5.75 Å². The van der Waals surface area contributed by atoms with E-state index in [0.717, 1.165) is 5.39 Å². The highest BCUT2D eigenvalue weighted by Gasteiger charge is 2.13. The number of amides is 1. The first-order valence-electron chi connectivity index (χ1n) is 7.16. The van der Waals surface area contributed by atoms with Crippen LogP contribution in [0.25, 0.3) is 16.8 Å². The molecule has 2 aromatic rings. The summed E-state index contributed by atoms with van der Waals surface area (Å²) in [6, 6.07) is 5.13. The number of aliphatic carboxylic acids is 1. The van der Waals surface area contributed by atoms with Gasteiger partial charge in [0.2, 0.25) is 5.91 Å². The summed E-state index contributed by atoms with van der Waals surface area (Å²) in [7, 11) is 0. The van der Waals surface area contributed by atoms with Crippen molar-refractivity contribution < 1.29 is 19.4 Å². The standard InChI is InChI=1S/C16H18N4O4/c1-9(21)20-13(16(22)23)7-11-6-10-2-4-19-15(18)12(10)8-14(11)24-5-3-17/h2,4,6-8H,3,5,17H2,1H3,(H2,18,19)(H,20,21)(H,22,23). The maximum Gasteiger partial charge on any atom is 0.352 e. The third-order valence-electron chi connectivity index (χ3n) is 3.14. The second-order valence-electron chi connectivity index (χ2n) is 4.99. The lowest BCUT2D eigenvalue weighted by Crippen LogP contribution is -2.24. The van der Waals surface area contributed by atoms with Crippen LogP contribution >= 0.6 is 0 Å². The van der Waals surface area contributed by atoms with Gasteiger partial charge in [0.15, 0.2) is 0 Å². The fourth-order valence-electron chi connectivity index (χ4n) is 2.14. The molecule has 0 bridgehead atoms. The highest BCUT2D eigenvalue weighted by molar-refractivity contribution is 5.99. The van der Waals surface area contributed by atoms with Crippen LogP contribution in [-0.2, 0) is 9.59 Å². The molecule has 24 heavy (non-hydrogen) atoms. The topological polar surface area (TPSA) is 141 Å². The number of carbonyl (C=O) groups is 2. The minimum atomic E-state index is -1.26. The molecule has 2 rings (SSSR count). The number of hydrogen-bond donors (Lipinski definition) is 4. The molecular weight excluding hydrogens is 312 g/mol. The normalized spacial score (nSPS) is 11.3. The highest BCUT2D eigenvalue weighted by Crippen LogP contribution is 2.30. The van der Waals surface area contributed by atoms with Gasteiger partial charge >= 0.3 is 5.97 Å². The third-order valence-corrected chi connectivity index (χ3v) is 3.14. The van der Waals surface area contributed by atoms with E-state index in [0.29, 0.717) is 29.1 Å². The first-order valence-corrected chi connectivity index (χ1v) is 7.16. The summed E-state index contributed by atoms with van der Waals surface area (Å²) in [5.74, 6) is -1.01. The van der Waals surface area contributed by atoms with E-state index in [1.165, 1.54) is 13.0 Å². The molecule has 8 heteroatoms. The minimum absolute atomic E-state index is 0.245. The number of carboxylic acid groups (broad SMARTS) is 1. The van der Waals surface area contributed by atoms with Crippen LogP contribution < -0.4 is 21.5 Å². The molecule has 126 valence electrons. The predicted molar refractivity (Wildman–Crippen MR) is 90.1 cm³/mol. The summed E-state index contributed by atoms with van der Waals surface area (Å²) >= 11 is 0. The number of carboxylic acids is 1. The lowest BCUT2D eigenvalue weighted by molar-refractivity contribution is -0.134. The van der Waals surface area contributed by atoms with Gasteiger partial charge in [-0.3, -0.25) is 4.79 Å². The SMILES string of the molecule is CC(=O)NC(=Cc1cc2ccnc(N)c2cc1OCCN)C(=O)O. The van der Waals surface area contributed by atoms with E-state index in [-0.39, 0.29) is 12.3 Å². The zero-order chi connectivity index (χ0) is 17.7. The molecule has 0 unspecified atom stereocenters. The van der Waals surface area contributed by atoms with Crippen molar-refractivity contribution in [1.82, 2.24) is 10.3 Å². The van der Waals surface area contributed by atoms with Crippen LogP contribution in [0.3, 0.4) is 0 Å². The van der Waals surface area contributed by atoms with Crippen molar-refractivity contribution in [3.05, 3.63) is 35.7 Å². The van der Waals surface area contributed by atoms with Crippen LogP contribution in [0.4, 0.5) is 5.82 Å². The number of carbonyl (C=O) groups excluding carboxylic acids is 1. The Balaban J connectivity index is 2.60. The Hall–Kier alpha value is -3.13. The van der Waals surface area contributed by atoms with Gasteiger partial charge in [0, 0.05) is 30.6 Å². The Morgan fingerprint density at radius 1 is 1.42 bits per heavy atom. The Kier molecular flexibility index (Phi) is 5.33. The van der Waals surface area contributed by atoms with Crippen molar-refractivity contribution in [1.29, 1.82) is 0 Å². The number of ether oxygens (including phenoxy) is 1. The predicted octanol–water partition coefficient (Wildman–Crippen LogP) is 0.716. The molecule has 0 aliphatic rings. The van der Waals surface area contributed by atoms with E-state index in [1.54, 1.807) is 24.4 Å². The molecular formula is C16H18N4O4. The minimum Gasteiger partial charge on any atom is -0.492 e. The molecule has 0 saturated carbocycles. The molecule has 1 amide bonds. The average Bonchev–Trinajstić information content (AvgIpc) is 2.52. The molecule has 8 nitrogen and oxygen atoms in total. The summed E-state index contributed by atoms with van der Waals surface area (Å²) in [5.41, 5.74) is 11.5. The van der Waals surface area contributed by atoms with Crippen molar-refractivity contribution >= 4 is 34.5 Å². The summed E-state index contributed by atoms with van der Waals surface area (Å²) in [5, 5.41) is 13.0. The van der Waals surface area contributed by atoms with Crippen LogP contribution in [0.15, 0.2) is 30.1 Å². The summed E-state index contributed by atoms with van der Waals surface area (Å²) in [4.78, 5) is 26.5. The second-order valence-corrected chi connectivity index (χ2v) is 4.99. The van der Waals surface area contributed by atoms with Crippen LogP contribution in [0.2, 0.25) is 0 Å². The number of benzene rings is 1. The maximum atomic E-state index is 11.3. The van der Waals surface area contributed by atoms with E-state index in [4.69, 9.17) is 16.2 Å². The van der Waals surface area contributed by atoms with Gasteiger partial charge in [-0.25, -0.2) is 9.78 Å². The molecule has 0 saturated heterocycles. The Bertz CT molecular complexity index is 817. The molecule has 6 N–H and O–H groups in total. The number of hydrogen-bond acceptors (Lipinski definition) is 6. The van der Waals surface area contributed by atoms with Crippen molar-refractivity contribution in [3.63, 3.8) is 0 Å². The van der Waals surface area contributed by atoms with Gasteiger partial charge in [0.05, 0.1) is 0 Å². The largest absolute Gasteiger partial charge is 0.492 e. The molecule has 0 aliphatic heterocycles. The Morgan fingerprint density at radius 3 is 2.79 bits per heavy atom. The Morgan fingerprint density at radius 2 is 2.17 bits per heavy atom. The van der Waals surface area contributed by atoms with Crippen LogP contribution in [0.5, 0.6) is 5.75 Å². The molecule has 0 aliphatic carbocycles. The van der Waals surface area contributed by atoms with Gasteiger partial charge in [-0.15, -0.1) is 0 Å². The lowest BCUT2D eigenvalue weighted by Gasteiger charge is -2.12. The van der Waals surface area contributed by atoms with E-state index in [2.05, 4.69) is 10.3 Å². The zero-order valence-electron chi connectivity index (χ0n) is 13.1. The number of anilines is 1. The van der Waals surface area contributed by atoms with Gasteiger partial charge in [-0.05, 0) is 29.7 Å². The monoisotopic (exact) mass is 330 g/mol. The van der Waals surface area contributed by atoms with Crippen molar-refractivity contribution in [2.75, 3.05) is 18.9 Å². The second kappa shape index (κ2) is 7.42. The summed E-state index contributed by atoms with van der Waals surface area (Å²) in [6.07, 6.45) is 2.88. The number of nitrogens with zero attached hydrogens (tertiary/aromatic N) is 1. The smallest absolute Gasteiger partial charge is 0.352 e. The quantitative estimate of drug-likeness (QED) is 0.572. The number of aromatic nitrogens is 1. The van der Waals surface area contributed by atoms with Gasteiger partial charge in [0.25, 0.3) is 0 Å². The fourth-order valence-corrected chi connectivity index (χ4v) is 2.14. The molecule has 1 aromatic carbocycles. The molecule has 0 fully saturated rings. The maximum absolute atomic E-state index is 11.3. The van der Waals surface area contributed by atoms with Gasteiger partial charge in [0.1, 0.15) is 23.9 Å². The average molecular weight is 330 g/mol. The summed E-state index contributed by atoms with van der Waals surface area (Å²) < 4.78 is 5.58. The van der Waals surface area contributed by atoms with Crippen LogP contribution in [0, 0.1) is 0 Å². The van der Waals surface area contributed by atoms with Crippen LogP contribution in [0.1, 0.15) is 12.5 Å². The zero-order valence-corrected chi connectivity index (χ0v) is 13.1. The number of pyridine rings is 1. The number of nitrogens with two attached hydrogens (primary N) is 2. The van der Waals surface area contributed by atoms with Crippen molar-refractivity contribution in [2.24, 2.45) is 5.73 Å². The highest BCUT2D eigenvalue weighted by atomic mass is 16.5. The molecule has 1 aromatic heterocycles. The fraction of sp³-hybridized carbons (Fsp3) is 0.188. The molecule has 0 atom stereocenters. The first kappa shape index (κ1) is 17.2. The first-order chi connectivity index (χ1) is 11.4. The number of nitrogen functional groups attached to an aromatic ring is 1. The number of fused-ring (bicyclic) bond motifs is 1. The van der Waals surface area contributed by atoms with E-state index >= 15 is 0 Å². The van der Waals surface area contributed by atoms with Gasteiger partial charge < -0.3 is 26.6 Å². The van der Waals surface area contributed by atoms with Crippen molar-refractivity contribution in [2.45, 2.75) is 6.92 Å². The van der Waals surface area contributed by atoms with E-state index < -0.39 is 11.9 Å². The molecule has 0 radical (unpaired) electrons.